The highest BCUT2D eigenvalue weighted by Gasteiger charge is 2.06. The van der Waals surface area contributed by atoms with Gasteiger partial charge in [-0.15, -0.1) is 0 Å². The predicted molar refractivity (Wildman–Crippen MR) is 98.3 cm³/mol. The first-order valence-electron chi connectivity index (χ1n) is 7.71. The highest BCUT2D eigenvalue weighted by atomic mass is 35.5. The number of halogens is 1. The van der Waals surface area contributed by atoms with Crippen LogP contribution in [0.3, 0.4) is 0 Å². The Morgan fingerprint density at radius 3 is 2.45 bits per heavy atom. The van der Waals surface area contributed by atoms with Gasteiger partial charge in [0.05, 0.1) is 0 Å². The molecule has 2 nitrogen and oxygen atoms in total. The van der Waals surface area contributed by atoms with Crippen LogP contribution in [0.5, 0.6) is 0 Å². The molecule has 0 aromatic heterocycles. The standard InChI is InChI=1S/C18H23ClN2S/c1-3-21(4-2)13-12-20-17-14-15(19)10-11-18(17)22-16-8-6-5-7-9-16/h5-11,14,20H,3-4,12-13H2,1-2H3. The number of nitrogens with one attached hydrogen (secondary N) is 1. The summed E-state index contributed by atoms with van der Waals surface area (Å²) in [7, 11) is 0. The van der Waals surface area contributed by atoms with Gasteiger partial charge in [0.2, 0.25) is 0 Å². The highest BCUT2D eigenvalue weighted by Crippen LogP contribution is 2.34. The summed E-state index contributed by atoms with van der Waals surface area (Å²) >= 11 is 7.91. The Morgan fingerprint density at radius 2 is 1.77 bits per heavy atom. The topological polar surface area (TPSA) is 15.3 Å². The summed E-state index contributed by atoms with van der Waals surface area (Å²) in [6.45, 7) is 8.51. The molecular formula is C18H23ClN2S. The molecule has 2 rings (SSSR count). The summed E-state index contributed by atoms with van der Waals surface area (Å²) in [6.07, 6.45) is 0. The Hall–Kier alpha value is -1.16. The van der Waals surface area contributed by atoms with Crippen LogP contribution in [0.2, 0.25) is 5.02 Å². The van der Waals surface area contributed by atoms with Gasteiger partial charge >= 0.3 is 0 Å². The zero-order chi connectivity index (χ0) is 15.8. The Balaban J connectivity index is 2.04. The van der Waals surface area contributed by atoms with E-state index in [1.165, 1.54) is 9.79 Å². The van der Waals surface area contributed by atoms with Crippen LogP contribution in [0.25, 0.3) is 0 Å². The van der Waals surface area contributed by atoms with E-state index in [1.807, 2.05) is 18.2 Å². The Labute approximate surface area is 142 Å². The van der Waals surface area contributed by atoms with E-state index in [0.29, 0.717) is 0 Å². The Morgan fingerprint density at radius 1 is 1.05 bits per heavy atom. The molecule has 0 unspecified atom stereocenters. The number of likely N-dealkylation sites (N-methyl/N-ethyl adjacent to an activating group) is 1. The third-order valence-corrected chi connectivity index (χ3v) is 4.87. The summed E-state index contributed by atoms with van der Waals surface area (Å²) in [5, 5.41) is 4.29. The SMILES string of the molecule is CCN(CC)CCNc1cc(Cl)ccc1Sc1ccccc1. The average Bonchev–Trinajstić information content (AvgIpc) is 2.55. The van der Waals surface area contributed by atoms with E-state index in [9.17, 15) is 0 Å². The molecule has 118 valence electrons. The fraction of sp³-hybridized carbons (Fsp3) is 0.333. The third kappa shape index (κ3) is 5.24. The molecule has 0 radical (unpaired) electrons. The zero-order valence-corrected chi connectivity index (χ0v) is 14.8. The quantitative estimate of drug-likeness (QED) is 0.710. The maximum Gasteiger partial charge on any atom is 0.0497 e. The number of hydrogen-bond donors (Lipinski definition) is 1. The van der Waals surface area contributed by atoms with Crippen molar-refractivity contribution in [3.63, 3.8) is 0 Å². The molecule has 22 heavy (non-hydrogen) atoms. The van der Waals surface area contributed by atoms with Crippen molar-refractivity contribution in [3.8, 4) is 0 Å². The van der Waals surface area contributed by atoms with Gasteiger partial charge in [-0.25, -0.2) is 0 Å². The van der Waals surface area contributed by atoms with Gasteiger partial charge < -0.3 is 10.2 Å². The van der Waals surface area contributed by atoms with E-state index in [2.05, 4.69) is 54.4 Å². The van der Waals surface area contributed by atoms with E-state index >= 15 is 0 Å². The fourth-order valence-electron chi connectivity index (χ4n) is 2.23. The lowest BCUT2D eigenvalue weighted by Crippen LogP contribution is -2.28. The molecule has 0 aliphatic carbocycles. The number of nitrogens with zero attached hydrogens (tertiary/aromatic N) is 1. The van der Waals surface area contributed by atoms with Gasteiger partial charge in [-0.1, -0.05) is 55.4 Å². The van der Waals surface area contributed by atoms with Gasteiger partial charge in [-0.2, -0.15) is 0 Å². The highest BCUT2D eigenvalue weighted by molar-refractivity contribution is 7.99. The van der Waals surface area contributed by atoms with E-state index in [0.717, 1.165) is 36.9 Å². The molecule has 0 saturated carbocycles. The number of rotatable bonds is 8. The molecule has 2 aromatic carbocycles. The second kappa shape index (κ2) is 9.09. The van der Waals surface area contributed by atoms with Crippen LogP contribution < -0.4 is 5.32 Å². The number of anilines is 1. The molecule has 1 N–H and O–H groups in total. The maximum atomic E-state index is 6.16. The molecule has 0 atom stereocenters. The van der Waals surface area contributed by atoms with Crippen LogP contribution in [0.4, 0.5) is 5.69 Å². The molecule has 0 amide bonds. The number of benzene rings is 2. The van der Waals surface area contributed by atoms with Crippen molar-refractivity contribution in [1.29, 1.82) is 0 Å². The van der Waals surface area contributed by atoms with Crippen molar-refractivity contribution in [1.82, 2.24) is 4.90 Å². The molecule has 0 aliphatic rings. The van der Waals surface area contributed by atoms with Crippen LogP contribution in [0.15, 0.2) is 58.3 Å². The molecule has 2 aromatic rings. The molecule has 0 saturated heterocycles. The van der Waals surface area contributed by atoms with Crippen molar-refractivity contribution in [2.24, 2.45) is 0 Å². The molecule has 4 heteroatoms. The van der Waals surface area contributed by atoms with Crippen LogP contribution in [0.1, 0.15) is 13.8 Å². The first-order valence-corrected chi connectivity index (χ1v) is 8.91. The van der Waals surface area contributed by atoms with Gasteiger partial charge in [0, 0.05) is 33.6 Å². The minimum atomic E-state index is 0.766. The van der Waals surface area contributed by atoms with Crippen molar-refractivity contribution >= 4 is 29.1 Å². The molecule has 0 aliphatic heterocycles. The Bertz CT molecular complexity index is 571. The van der Waals surface area contributed by atoms with E-state index in [-0.39, 0.29) is 0 Å². The van der Waals surface area contributed by atoms with Crippen molar-refractivity contribution in [2.75, 3.05) is 31.5 Å². The lowest BCUT2D eigenvalue weighted by Gasteiger charge is -2.19. The number of hydrogen-bond acceptors (Lipinski definition) is 3. The van der Waals surface area contributed by atoms with Gasteiger partial charge in [-0.05, 0) is 43.4 Å². The van der Waals surface area contributed by atoms with Crippen LogP contribution in [-0.4, -0.2) is 31.1 Å². The predicted octanol–water partition coefficient (Wildman–Crippen LogP) is 5.24. The molecule has 0 heterocycles. The normalized spacial score (nSPS) is 10.9. The Kier molecular flexibility index (Phi) is 7.10. The van der Waals surface area contributed by atoms with Crippen LogP contribution in [0, 0.1) is 0 Å². The minimum absolute atomic E-state index is 0.766. The summed E-state index contributed by atoms with van der Waals surface area (Å²) in [4.78, 5) is 4.84. The first kappa shape index (κ1) is 17.2. The summed E-state index contributed by atoms with van der Waals surface area (Å²) in [6, 6.07) is 16.4. The van der Waals surface area contributed by atoms with Gasteiger partial charge in [-0.3, -0.25) is 0 Å². The largest absolute Gasteiger partial charge is 0.383 e. The van der Waals surface area contributed by atoms with Gasteiger partial charge in [0.25, 0.3) is 0 Å². The smallest absolute Gasteiger partial charge is 0.0497 e. The molecule has 0 fully saturated rings. The van der Waals surface area contributed by atoms with Crippen molar-refractivity contribution < 1.29 is 0 Å². The van der Waals surface area contributed by atoms with Gasteiger partial charge in [0.15, 0.2) is 0 Å². The van der Waals surface area contributed by atoms with E-state index in [1.54, 1.807) is 11.8 Å². The molecule has 0 bridgehead atoms. The van der Waals surface area contributed by atoms with Crippen LogP contribution >= 0.6 is 23.4 Å². The minimum Gasteiger partial charge on any atom is -0.383 e. The third-order valence-electron chi connectivity index (χ3n) is 3.55. The molecule has 0 spiro atoms. The van der Waals surface area contributed by atoms with E-state index in [4.69, 9.17) is 11.6 Å². The molecular weight excluding hydrogens is 312 g/mol. The second-order valence-corrected chi connectivity index (χ2v) is 6.56. The second-order valence-electron chi connectivity index (χ2n) is 5.01. The average molecular weight is 335 g/mol. The zero-order valence-electron chi connectivity index (χ0n) is 13.2. The van der Waals surface area contributed by atoms with Crippen molar-refractivity contribution in [2.45, 2.75) is 23.6 Å². The van der Waals surface area contributed by atoms with Crippen LogP contribution in [-0.2, 0) is 0 Å². The lowest BCUT2D eigenvalue weighted by molar-refractivity contribution is 0.316. The summed E-state index contributed by atoms with van der Waals surface area (Å²) < 4.78 is 0. The van der Waals surface area contributed by atoms with E-state index < -0.39 is 0 Å². The fourth-order valence-corrected chi connectivity index (χ4v) is 3.33. The van der Waals surface area contributed by atoms with Crippen molar-refractivity contribution in [3.05, 3.63) is 53.6 Å². The van der Waals surface area contributed by atoms with Gasteiger partial charge in [0.1, 0.15) is 0 Å². The maximum absolute atomic E-state index is 6.16. The monoisotopic (exact) mass is 334 g/mol. The lowest BCUT2D eigenvalue weighted by atomic mass is 10.3. The first-order chi connectivity index (χ1) is 10.7. The summed E-state index contributed by atoms with van der Waals surface area (Å²) in [5.41, 5.74) is 1.11. The summed E-state index contributed by atoms with van der Waals surface area (Å²) in [5.74, 6) is 0.